The van der Waals surface area contributed by atoms with Crippen LogP contribution in [0.25, 0.3) is 5.65 Å². The number of hydrogen-bond donors (Lipinski definition) is 1. The van der Waals surface area contributed by atoms with Crippen LogP contribution in [0.3, 0.4) is 0 Å². The molecule has 0 bridgehead atoms. The minimum atomic E-state index is -4.57. The molecule has 1 N–H and O–H groups in total. The minimum Gasteiger partial charge on any atom is -0.390 e. The second kappa shape index (κ2) is 9.05. The van der Waals surface area contributed by atoms with Crippen molar-refractivity contribution in [3.8, 4) is 6.07 Å². The van der Waals surface area contributed by atoms with Crippen LogP contribution in [0.15, 0.2) is 30.6 Å². The molecule has 0 spiro atoms. The molecule has 3 atom stereocenters. The van der Waals surface area contributed by atoms with Gasteiger partial charge in [-0.2, -0.15) is 23.5 Å². The summed E-state index contributed by atoms with van der Waals surface area (Å²) in [5.41, 5.74) is 0.773. The van der Waals surface area contributed by atoms with Crippen LogP contribution < -0.4 is 4.90 Å². The van der Waals surface area contributed by atoms with Crippen molar-refractivity contribution < 1.29 is 23.1 Å². The SMILES string of the molecule is Cc1cn2nc(C3CCCCN3C(=O)c3cc(C(F)(F)F)ccn3)cc2nc1N1CC(O)C(C#N)C1. The van der Waals surface area contributed by atoms with Crippen molar-refractivity contribution in [1.29, 1.82) is 5.26 Å². The highest BCUT2D eigenvalue weighted by molar-refractivity contribution is 5.92. The number of nitriles is 1. The molecule has 3 unspecified atom stereocenters. The number of fused-ring (bicyclic) bond motifs is 1. The molecule has 0 aromatic carbocycles. The van der Waals surface area contributed by atoms with E-state index in [4.69, 9.17) is 4.98 Å². The Morgan fingerprint density at radius 1 is 1.25 bits per heavy atom. The van der Waals surface area contributed by atoms with Crippen molar-refractivity contribution in [2.75, 3.05) is 24.5 Å². The van der Waals surface area contributed by atoms with Gasteiger partial charge in [-0.1, -0.05) is 0 Å². The molecule has 0 radical (unpaired) electrons. The summed E-state index contributed by atoms with van der Waals surface area (Å²) < 4.78 is 41.1. The maximum absolute atomic E-state index is 13.2. The first-order valence-electron chi connectivity index (χ1n) is 11.7. The lowest BCUT2D eigenvalue weighted by Crippen LogP contribution is -2.39. The fourth-order valence-corrected chi connectivity index (χ4v) is 4.94. The number of aryl methyl sites for hydroxylation is 1. The molecule has 0 saturated carbocycles. The van der Waals surface area contributed by atoms with Crippen LogP contribution in [0, 0.1) is 24.2 Å². The van der Waals surface area contributed by atoms with Gasteiger partial charge in [-0.05, 0) is 38.3 Å². The number of carbonyl (C=O) groups is 1. The van der Waals surface area contributed by atoms with Crippen molar-refractivity contribution in [2.45, 2.75) is 44.5 Å². The van der Waals surface area contributed by atoms with E-state index in [1.165, 1.54) is 4.90 Å². The molecule has 2 fully saturated rings. The van der Waals surface area contributed by atoms with E-state index in [-0.39, 0.29) is 5.69 Å². The largest absolute Gasteiger partial charge is 0.416 e. The Morgan fingerprint density at radius 2 is 2.06 bits per heavy atom. The highest BCUT2D eigenvalue weighted by Gasteiger charge is 2.35. The smallest absolute Gasteiger partial charge is 0.390 e. The predicted molar refractivity (Wildman–Crippen MR) is 122 cm³/mol. The van der Waals surface area contributed by atoms with E-state index in [9.17, 15) is 28.3 Å². The van der Waals surface area contributed by atoms with Gasteiger partial charge in [-0.15, -0.1) is 0 Å². The number of alkyl halides is 3. The third-order valence-corrected chi connectivity index (χ3v) is 6.79. The number of aliphatic hydroxyl groups excluding tert-OH is 1. The number of halogens is 3. The van der Waals surface area contributed by atoms with Gasteiger partial charge >= 0.3 is 6.18 Å². The zero-order chi connectivity index (χ0) is 25.6. The first kappa shape index (κ1) is 24.0. The van der Waals surface area contributed by atoms with Gasteiger partial charge in [0, 0.05) is 43.7 Å². The molecule has 12 heteroatoms. The number of β-amino-alcohol motifs (C(OH)–C–C–N with tert-alkyl or cyclic N) is 1. The van der Waals surface area contributed by atoms with Gasteiger partial charge in [0.25, 0.3) is 5.91 Å². The molecule has 0 aliphatic carbocycles. The number of carbonyl (C=O) groups excluding carboxylic acids is 1. The third kappa shape index (κ3) is 4.35. The molecule has 2 saturated heterocycles. The second-order valence-corrected chi connectivity index (χ2v) is 9.27. The standard InChI is InChI=1S/C24H24F3N7O2/c1-14-11-34-21(30-22(14)32-12-15(10-28)20(35)13-32)9-17(31-34)19-4-2-3-7-33(19)23(36)18-8-16(5-6-29-18)24(25,26)27/h5-6,8-9,11,15,19-20,35H,2-4,7,12-13H2,1H3. The number of aromatic nitrogens is 4. The summed E-state index contributed by atoms with van der Waals surface area (Å²) in [5.74, 6) is -0.411. The number of anilines is 1. The molecule has 3 aromatic rings. The fraction of sp³-hybridized carbons (Fsp3) is 0.458. The van der Waals surface area contributed by atoms with Crippen LogP contribution >= 0.6 is 0 Å². The Hall–Kier alpha value is -3.72. The van der Waals surface area contributed by atoms with Crippen molar-refractivity contribution in [3.63, 3.8) is 0 Å². The average molecular weight is 499 g/mol. The summed E-state index contributed by atoms with van der Waals surface area (Å²) in [5, 5.41) is 24.0. The number of piperidine rings is 1. The van der Waals surface area contributed by atoms with Crippen molar-refractivity contribution >= 4 is 17.4 Å². The van der Waals surface area contributed by atoms with E-state index in [0.29, 0.717) is 43.2 Å². The predicted octanol–water partition coefficient (Wildman–Crippen LogP) is 3.14. The summed E-state index contributed by atoms with van der Waals surface area (Å²) in [6.07, 6.45) is -0.329. The van der Waals surface area contributed by atoms with Gasteiger partial charge in [0.05, 0.1) is 35.4 Å². The lowest BCUT2D eigenvalue weighted by molar-refractivity contribution is -0.137. The van der Waals surface area contributed by atoms with Crippen LogP contribution in [-0.4, -0.2) is 61.2 Å². The number of pyridine rings is 1. The van der Waals surface area contributed by atoms with E-state index < -0.39 is 35.7 Å². The molecule has 3 aromatic heterocycles. The Kier molecular flexibility index (Phi) is 6.04. The van der Waals surface area contributed by atoms with E-state index in [1.807, 2.05) is 11.8 Å². The highest BCUT2D eigenvalue weighted by Crippen LogP contribution is 2.34. The summed E-state index contributed by atoms with van der Waals surface area (Å²) >= 11 is 0. The van der Waals surface area contributed by atoms with E-state index in [0.717, 1.165) is 36.7 Å². The Labute approximate surface area is 204 Å². The summed E-state index contributed by atoms with van der Waals surface area (Å²) in [6.45, 7) is 2.93. The molecule has 5 rings (SSSR count). The van der Waals surface area contributed by atoms with E-state index in [2.05, 4.69) is 16.2 Å². The molecule has 2 aliphatic heterocycles. The number of hydrogen-bond acceptors (Lipinski definition) is 7. The van der Waals surface area contributed by atoms with Gasteiger partial charge in [-0.25, -0.2) is 9.50 Å². The number of nitrogens with zero attached hydrogens (tertiary/aromatic N) is 7. The molecule has 5 heterocycles. The minimum absolute atomic E-state index is 0.253. The monoisotopic (exact) mass is 499 g/mol. The fourth-order valence-electron chi connectivity index (χ4n) is 4.94. The summed E-state index contributed by atoms with van der Waals surface area (Å²) in [7, 11) is 0. The Balaban J connectivity index is 1.45. The van der Waals surface area contributed by atoms with Crippen LogP contribution in [0.1, 0.15) is 52.6 Å². The lowest BCUT2D eigenvalue weighted by Gasteiger charge is -2.34. The summed E-state index contributed by atoms with van der Waals surface area (Å²) in [6, 6.07) is 5.09. The number of likely N-dealkylation sites (tertiary alicyclic amines) is 1. The molecule has 9 nitrogen and oxygen atoms in total. The normalized spacial score (nSPS) is 22.7. The summed E-state index contributed by atoms with van der Waals surface area (Å²) in [4.78, 5) is 25.3. The van der Waals surface area contributed by atoms with Crippen molar-refractivity contribution in [3.05, 3.63) is 53.1 Å². The second-order valence-electron chi connectivity index (χ2n) is 9.27. The van der Waals surface area contributed by atoms with Crippen LogP contribution in [0.2, 0.25) is 0 Å². The van der Waals surface area contributed by atoms with Gasteiger partial charge in [0.1, 0.15) is 11.5 Å². The topological polar surface area (TPSA) is 111 Å². The molecule has 188 valence electrons. The van der Waals surface area contributed by atoms with Crippen LogP contribution in [-0.2, 0) is 6.18 Å². The van der Waals surface area contributed by atoms with E-state index in [1.54, 1.807) is 16.8 Å². The molecule has 36 heavy (non-hydrogen) atoms. The molecular weight excluding hydrogens is 475 g/mol. The van der Waals surface area contributed by atoms with Crippen molar-refractivity contribution in [2.24, 2.45) is 5.92 Å². The van der Waals surface area contributed by atoms with Gasteiger partial charge in [-0.3, -0.25) is 9.78 Å². The van der Waals surface area contributed by atoms with Crippen LogP contribution in [0.4, 0.5) is 19.0 Å². The quantitative estimate of drug-likeness (QED) is 0.590. The van der Waals surface area contributed by atoms with Gasteiger partial charge in [0.15, 0.2) is 5.65 Å². The molecular formula is C24H24F3N7O2. The van der Waals surface area contributed by atoms with Crippen LogP contribution in [0.5, 0.6) is 0 Å². The first-order chi connectivity index (χ1) is 17.2. The third-order valence-electron chi connectivity index (χ3n) is 6.79. The zero-order valence-electron chi connectivity index (χ0n) is 19.5. The number of aliphatic hydroxyl groups is 1. The Bertz CT molecular complexity index is 1350. The maximum Gasteiger partial charge on any atom is 0.416 e. The lowest BCUT2D eigenvalue weighted by atomic mass is 9.98. The average Bonchev–Trinajstić information content (AvgIpc) is 3.45. The Morgan fingerprint density at radius 3 is 2.78 bits per heavy atom. The van der Waals surface area contributed by atoms with Gasteiger partial charge < -0.3 is 14.9 Å². The van der Waals surface area contributed by atoms with Gasteiger partial charge in [0.2, 0.25) is 0 Å². The zero-order valence-corrected chi connectivity index (χ0v) is 19.5. The van der Waals surface area contributed by atoms with E-state index >= 15 is 0 Å². The molecule has 2 aliphatic rings. The first-order valence-corrected chi connectivity index (χ1v) is 11.7. The molecule has 1 amide bonds. The number of rotatable bonds is 3. The van der Waals surface area contributed by atoms with Crippen molar-refractivity contribution in [1.82, 2.24) is 24.5 Å². The highest BCUT2D eigenvalue weighted by atomic mass is 19.4. The number of amides is 1. The maximum atomic E-state index is 13.2.